The number of nitrogens with one attached hydrogen (secondary N) is 1. The molecule has 1 atom stereocenters. The lowest BCUT2D eigenvalue weighted by Crippen LogP contribution is -2.35. The van der Waals surface area contributed by atoms with Crippen molar-refractivity contribution in [2.24, 2.45) is 5.92 Å². The average Bonchev–Trinajstić information content (AvgIpc) is 1.99. The van der Waals surface area contributed by atoms with Crippen LogP contribution < -0.4 is 4.72 Å². The number of hydrogen-bond donors (Lipinski definition) is 2. The standard InChI is InChI=1S/C7H15NO6S2/c1-3-6(7(9)10)4-8-16(13,14)5-15(2,11)12/h6,8H,3-5H2,1-2H3,(H,9,10). The van der Waals surface area contributed by atoms with Gasteiger partial charge >= 0.3 is 5.97 Å². The minimum absolute atomic E-state index is 0.261. The molecule has 0 spiro atoms. The number of sulfone groups is 1. The second-order valence-corrected chi connectivity index (χ2v) is 7.76. The summed E-state index contributed by atoms with van der Waals surface area (Å²) >= 11 is 0. The Morgan fingerprint density at radius 3 is 2.12 bits per heavy atom. The molecule has 16 heavy (non-hydrogen) atoms. The van der Waals surface area contributed by atoms with E-state index in [4.69, 9.17) is 5.11 Å². The number of carboxylic acid groups (broad SMARTS) is 1. The van der Waals surface area contributed by atoms with Crippen LogP contribution in [0.5, 0.6) is 0 Å². The van der Waals surface area contributed by atoms with Crippen LogP contribution in [0.15, 0.2) is 0 Å². The maximum Gasteiger partial charge on any atom is 0.307 e. The zero-order valence-corrected chi connectivity index (χ0v) is 10.6. The zero-order valence-electron chi connectivity index (χ0n) is 9.00. The Labute approximate surface area is 94.8 Å². The zero-order chi connectivity index (χ0) is 13.0. The molecule has 1 unspecified atom stereocenters. The van der Waals surface area contributed by atoms with Gasteiger partial charge in [0.05, 0.1) is 5.92 Å². The van der Waals surface area contributed by atoms with Crippen molar-refractivity contribution < 1.29 is 26.7 Å². The van der Waals surface area contributed by atoms with E-state index in [9.17, 15) is 21.6 Å². The monoisotopic (exact) mass is 273 g/mol. The van der Waals surface area contributed by atoms with Crippen molar-refractivity contribution in [1.29, 1.82) is 0 Å². The molecule has 9 heteroatoms. The van der Waals surface area contributed by atoms with Crippen molar-refractivity contribution in [1.82, 2.24) is 4.72 Å². The molecule has 2 N–H and O–H groups in total. The van der Waals surface area contributed by atoms with E-state index in [-0.39, 0.29) is 13.0 Å². The lowest BCUT2D eigenvalue weighted by atomic mass is 10.1. The topological polar surface area (TPSA) is 118 Å². The molecule has 0 aliphatic heterocycles. The molecule has 0 fully saturated rings. The van der Waals surface area contributed by atoms with Crippen LogP contribution in [0.3, 0.4) is 0 Å². The molecule has 0 aromatic carbocycles. The van der Waals surface area contributed by atoms with Crippen LogP contribution in [0.25, 0.3) is 0 Å². The normalized spacial score (nSPS) is 14.6. The molecule has 7 nitrogen and oxygen atoms in total. The second-order valence-electron chi connectivity index (χ2n) is 3.45. The van der Waals surface area contributed by atoms with E-state index in [1.807, 2.05) is 4.72 Å². The maximum absolute atomic E-state index is 11.2. The van der Waals surface area contributed by atoms with Gasteiger partial charge in [-0.25, -0.2) is 21.6 Å². The molecular formula is C7H15NO6S2. The Hall–Kier alpha value is -0.670. The van der Waals surface area contributed by atoms with Gasteiger partial charge in [-0.2, -0.15) is 0 Å². The third-order valence-corrected chi connectivity index (χ3v) is 5.32. The van der Waals surface area contributed by atoms with Gasteiger partial charge in [0.2, 0.25) is 10.0 Å². The largest absolute Gasteiger partial charge is 0.481 e. The number of aliphatic carboxylic acids is 1. The Morgan fingerprint density at radius 1 is 1.31 bits per heavy atom. The number of carbonyl (C=O) groups is 1. The van der Waals surface area contributed by atoms with Crippen molar-refractivity contribution in [2.45, 2.75) is 13.3 Å². The van der Waals surface area contributed by atoms with E-state index < -0.39 is 36.8 Å². The van der Waals surface area contributed by atoms with Crippen molar-refractivity contribution in [2.75, 3.05) is 17.9 Å². The second kappa shape index (κ2) is 5.60. The summed E-state index contributed by atoms with van der Waals surface area (Å²) in [4.78, 5) is 10.6. The summed E-state index contributed by atoms with van der Waals surface area (Å²) < 4.78 is 45.9. The predicted molar refractivity (Wildman–Crippen MR) is 58.1 cm³/mol. The van der Waals surface area contributed by atoms with Gasteiger partial charge in [0.15, 0.2) is 14.9 Å². The fourth-order valence-corrected chi connectivity index (χ4v) is 4.00. The highest BCUT2D eigenvalue weighted by Gasteiger charge is 2.21. The van der Waals surface area contributed by atoms with Gasteiger partial charge < -0.3 is 5.11 Å². The molecule has 0 rings (SSSR count). The van der Waals surface area contributed by atoms with Crippen molar-refractivity contribution in [3.8, 4) is 0 Å². The molecule has 96 valence electrons. The predicted octanol–water partition coefficient (Wildman–Crippen LogP) is -0.981. The first-order valence-corrected chi connectivity index (χ1v) is 8.16. The van der Waals surface area contributed by atoms with E-state index in [1.54, 1.807) is 6.92 Å². The Bertz CT molecular complexity index is 437. The van der Waals surface area contributed by atoms with Crippen LogP contribution >= 0.6 is 0 Å². The fourth-order valence-electron chi connectivity index (χ4n) is 0.957. The van der Waals surface area contributed by atoms with Crippen molar-refractivity contribution in [3.63, 3.8) is 0 Å². The molecule has 0 amide bonds. The van der Waals surface area contributed by atoms with Gasteiger partial charge in [0.25, 0.3) is 0 Å². The molecule has 0 bridgehead atoms. The summed E-state index contributed by atoms with van der Waals surface area (Å²) in [5.74, 6) is -1.97. The highest BCUT2D eigenvalue weighted by atomic mass is 32.3. The number of hydrogen-bond acceptors (Lipinski definition) is 5. The van der Waals surface area contributed by atoms with Crippen LogP contribution in [0.4, 0.5) is 0 Å². The van der Waals surface area contributed by atoms with E-state index in [0.717, 1.165) is 6.26 Å². The highest BCUT2D eigenvalue weighted by molar-refractivity contribution is 8.06. The third-order valence-electron chi connectivity index (χ3n) is 1.76. The Kier molecular flexibility index (Phi) is 5.36. The summed E-state index contributed by atoms with van der Waals surface area (Å²) in [7, 11) is -7.63. The quantitative estimate of drug-likeness (QED) is 0.615. The Morgan fingerprint density at radius 2 is 1.81 bits per heavy atom. The third kappa shape index (κ3) is 6.75. The fraction of sp³-hybridized carbons (Fsp3) is 0.857. The lowest BCUT2D eigenvalue weighted by molar-refractivity contribution is -0.141. The first-order chi connectivity index (χ1) is 7.07. The van der Waals surface area contributed by atoms with Crippen molar-refractivity contribution >= 4 is 25.8 Å². The van der Waals surface area contributed by atoms with Gasteiger partial charge in [-0.05, 0) is 6.42 Å². The van der Waals surface area contributed by atoms with E-state index >= 15 is 0 Å². The van der Waals surface area contributed by atoms with Crippen LogP contribution in [-0.4, -0.2) is 45.8 Å². The van der Waals surface area contributed by atoms with Crippen LogP contribution in [0.1, 0.15) is 13.3 Å². The summed E-state index contributed by atoms with van der Waals surface area (Å²) in [6.45, 7) is 1.30. The first-order valence-electron chi connectivity index (χ1n) is 4.45. The molecule has 0 aromatic heterocycles. The van der Waals surface area contributed by atoms with Gasteiger partial charge in [0.1, 0.15) is 0 Å². The van der Waals surface area contributed by atoms with Crippen LogP contribution in [0, 0.1) is 5.92 Å². The SMILES string of the molecule is CCC(CNS(=O)(=O)CS(C)(=O)=O)C(=O)O. The number of rotatable bonds is 7. The van der Waals surface area contributed by atoms with E-state index in [0.29, 0.717) is 0 Å². The minimum atomic E-state index is -3.98. The van der Waals surface area contributed by atoms with Crippen molar-refractivity contribution in [3.05, 3.63) is 0 Å². The average molecular weight is 273 g/mol. The van der Waals surface area contributed by atoms with Gasteiger partial charge in [-0.15, -0.1) is 0 Å². The molecule has 0 saturated heterocycles. The van der Waals surface area contributed by atoms with E-state index in [2.05, 4.69) is 0 Å². The molecule has 0 aliphatic carbocycles. The smallest absolute Gasteiger partial charge is 0.307 e. The summed E-state index contributed by atoms with van der Waals surface area (Å²) in [6, 6.07) is 0. The summed E-state index contributed by atoms with van der Waals surface area (Å²) in [5, 5.41) is 7.62. The molecule has 0 heterocycles. The van der Waals surface area contributed by atoms with Gasteiger partial charge in [-0.3, -0.25) is 4.79 Å². The maximum atomic E-state index is 11.2. The lowest BCUT2D eigenvalue weighted by Gasteiger charge is -2.10. The van der Waals surface area contributed by atoms with Gasteiger partial charge in [-0.1, -0.05) is 6.92 Å². The van der Waals surface area contributed by atoms with Gasteiger partial charge in [0, 0.05) is 12.8 Å². The first kappa shape index (κ1) is 15.3. The molecule has 0 saturated carbocycles. The Balaban J connectivity index is 4.46. The summed E-state index contributed by atoms with van der Waals surface area (Å²) in [5.41, 5.74) is 0. The molecule has 0 aliphatic rings. The van der Waals surface area contributed by atoms with Crippen LogP contribution in [0.2, 0.25) is 0 Å². The molecule has 0 radical (unpaired) electrons. The van der Waals surface area contributed by atoms with Crippen LogP contribution in [-0.2, 0) is 24.7 Å². The summed E-state index contributed by atoms with van der Waals surface area (Å²) in [6.07, 6.45) is 1.05. The minimum Gasteiger partial charge on any atom is -0.481 e. The molecular weight excluding hydrogens is 258 g/mol. The number of carboxylic acids is 1. The van der Waals surface area contributed by atoms with E-state index in [1.165, 1.54) is 0 Å². The molecule has 0 aromatic rings. The number of sulfonamides is 1. The highest BCUT2D eigenvalue weighted by Crippen LogP contribution is 2.02.